The molecule has 0 saturated carbocycles. The number of carbonyl (C=O) groups excluding carboxylic acids is 1. The molecule has 0 spiro atoms. The smallest absolute Gasteiger partial charge is 0.260 e. The molecule has 0 heterocycles. The summed E-state index contributed by atoms with van der Waals surface area (Å²) >= 11 is 0. The Kier molecular flexibility index (Phi) is 6.02. The molecule has 0 fully saturated rings. The molecular formula is C16H26N2O2. The van der Waals surface area contributed by atoms with E-state index in [1.165, 1.54) is 5.56 Å². The number of carbonyl (C=O) groups is 1. The zero-order valence-corrected chi connectivity index (χ0v) is 13.0. The molecule has 112 valence electrons. The van der Waals surface area contributed by atoms with Crippen molar-refractivity contribution in [1.82, 2.24) is 4.90 Å². The molecule has 1 rings (SSSR count). The van der Waals surface area contributed by atoms with Crippen LogP contribution in [0.1, 0.15) is 26.3 Å². The maximum atomic E-state index is 12.0. The van der Waals surface area contributed by atoms with E-state index in [4.69, 9.17) is 10.5 Å². The second kappa shape index (κ2) is 7.29. The van der Waals surface area contributed by atoms with Crippen molar-refractivity contribution in [2.75, 3.05) is 26.7 Å². The van der Waals surface area contributed by atoms with E-state index in [1.54, 1.807) is 11.9 Å². The van der Waals surface area contributed by atoms with Crippen molar-refractivity contribution in [1.29, 1.82) is 0 Å². The Bertz CT molecular complexity index is 427. The third-order valence-corrected chi connectivity index (χ3v) is 3.34. The van der Waals surface area contributed by atoms with E-state index >= 15 is 0 Å². The van der Waals surface area contributed by atoms with Crippen LogP contribution < -0.4 is 10.5 Å². The number of hydrogen-bond donors (Lipinski definition) is 1. The summed E-state index contributed by atoms with van der Waals surface area (Å²) in [6, 6.07) is 7.83. The first-order valence-electron chi connectivity index (χ1n) is 7.03. The van der Waals surface area contributed by atoms with Crippen LogP contribution in [-0.4, -0.2) is 37.6 Å². The lowest BCUT2D eigenvalue weighted by molar-refractivity contribution is -0.133. The maximum Gasteiger partial charge on any atom is 0.260 e. The fourth-order valence-electron chi connectivity index (χ4n) is 1.87. The average molecular weight is 278 g/mol. The summed E-state index contributed by atoms with van der Waals surface area (Å²) in [5, 5.41) is 0. The Balaban J connectivity index is 2.45. The predicted octanol–water partition coefficient (Wildman–Crippen LogP) is 2.07. The molecule has 0 aliphatic heterocycles. The van der Waals surface area contributed by atoms with Crippen LogP contribution in [0.3, 0.4) is 0 Å². The summed E-state index contributed by atoms with van der Waals surface area (Å²) < 4.78 is 5.51. The van der Waals surface area contributed by atoms with Gasteiger partial charge in [0, 0.05) is 13.6 Å². The molecule has 0 saturated heterocycles. The number of ether oxygens (including phenoxy) is 1. The minimum Gasteiger partial charge on any atom is -0.484 e. The van der Waals surface area contributed by atoms with Crippen LogP contribution in [-0.2, 0) is 11.2 Å². The summed E-state index contributed by atoms with van der Waals surface area (Å²) in [6.07, 6.45) is 0.996. The van der Waals surface area contributed by atoms with Crippen LogP contribution in [0, 0.1) is 5.41 Å². The molecule has 0 radical (unpaired) electrons. The first-order chi connectivity index (χ1) is 9.38. The molecule has 20 heavy (non-hydrogen) atoms. The standard InChI is InChI=1S/C16H26N2O2/c1-5-13-6-8-14(9-7-13)20-10-15(19)18(4)12-16(2,3)11-17/h6-9H,5,10-12,17H2,1-4H3. The largest absolute Gasteiger partial charge is 0.484 e. The first-order valence-corrected chi connectivity index (χ1v) is 7.03. The topological polar surface area (TPSA) is 55.6 Å². The Labute approximate surface area is 121 Å². The number of benzene rings is 1. The maximum absolute atomic E-state index is 12.0. The molecule has 1 amide bonds. The van der Waals surface area contributed by atoms with Crippen molar-refractivity contribution in [3.63, 3.8) is 0 Å². The highest BCUT2D eigenvalue weighted by molar-refractivity contribution is 5.77. The van der Waals surface area contributed by atoms with Gasteiger partial charge in [-0.2, -0.15) is 0 Å². The van der Waals surface area contributed by atoms with Crippen molar-refractivity contribution in [2.45, 2.75) is 27.2 Å². The highest BCUT2D eigenvalue weighted by Gasteiger charge is 2.21. The molecule has 0 aliphatic carbocycles. The number of aryl methyl sites for hydroxylation is 1. The van der Waals surface area contributed by atoms with Gasteiger partial charge in [0.15, 0.2) is 6.61 Å². The van der Waals surface area contributed by atoms with Gasteiger partial charge in [0.05, 0.1) is 0 Å². The molecule has 0 atom stereocenters. The van der Waals surface area contributed by atoms with E-state index in [2.05, 4.69) is 6.92 Å². The molecule has 4 nitrogen and oxygen atoms in total. The average Bonchev–Trinajstić information content (AvgIpc) is 2.44. The lowest BCUT2D eigenvalue weighted by Gasteiger charge is -2.29. The molecule has 0 unspecified atom stereocenters. The third kappa shape index (κ3) is 5.21. The van der Waals surface area contributed by atoms with E-state index in [0.29, 0.717) is 13.1 Å². The molecule has 1 aromatic carbocycles. The molecule has 4 heteroatoms. The minimum absolute atomic E-state index is 0.0360. The fraction of sp³-hybridized carbons (Fsp3) is 0.562. The van der Waals surface area contributed by atoms with E-state index in [9.17, 15) is 4.79 Å². The highest BCUT2D eigenvalue weighted by atomic mass is 16.5. The number of nitrogens with two attached hydrogens (primary N) is 1. The van der Waals surface area contributed by atoms with Gasteiger partial charge in [0.25, 0.3) is 5.91 Å². The van der Waals surface area contributed by atoms with Crippen LogP contribution in [0.4, 0.5) is 0 Å². The second-order valence-corrected chi connectivity index (χ2v) is 5.90. The molecule has 1 aromatic rings. The lowest BCUT2D eigenvalue weighted by atomic mass is 9.93. The van der Waals surface area contributed by atoms with Crippen molar-refractivity contribution in [3.8, 4) is 5.75 Å². The van der Waals surface area contributed by atoms with Gasteiger partial charge in [-0.25, -0.2) is 0 Å². The summed E-state index contributed by atoms with van der Waals surface area (Å²) in [4.78, 5) is 13.7. The Morgan fingerprint density at radius 2 is 1.90 bits per heavy atom. The number of amides is 1. The van der Waals surface area contributed by atoms with Crippen LogP contribution in [0.5, 0.6) is 5.75 Å². The highest BCUT2D eigenvalue weighted by Crippen LogP contribution is 2.15. The van der Waals surface area contributed by atoms with E-state index in [-0.39, 0.29) is 17.9 Å². The summed E-state index contributed by atoms with van der Waals surface area (Å²) in [5.74, 6) is 0.688. The number of likely N-dealkylation sites (N-methyl/N-ethyl adjacent to an activating group) is 1. The third-order valence-electron chi connectivity index (χ3n) is 3.34. The van der Waals surface area contributed by atoms with Gasteiger partial charge >= 0.3 is 0 Å². The summed E-state index contributed by atoms with van der Waals surface area (Å²) in [6.45, 7) is 7.42. The SMILES string of the molecule is CCc1ccc(OCC(=O)N(C)CC(C)(C)CN)cc1. The Morgan fingerprint density at radius 1 is 1.30 bits per heavy atom. The van der Waals surface area contributed by atoms with E-state index in [0.717, 1.165) is 12.2 Å². The van der Waals surface area contributed by atoms with Gasteiger partial charge in [0.1, 0.15) is 5.75 Å². The number of hydrogen-bond acceptors (Lipinski definition) is 3. The normalized spacial score (nSPS) is 11.2. The molecular weight excluding hydrogens is 252 g/mol. The predicted molar refractivity (Wildman–Crippen MR) is 81.8 cm³/mol. The summed E-state index contributed by atoms with van der Waals surface area (Å²) in [5.41, 5.74) is 6.86. The Morgan fingerprint density at radius 3 is 2.40 bits per heavy atom. The van der Waals surface area contributed by atoms with Crippen molar-refractivity contribution < 1.29 is 9.53 Å². The molecule has 0 aliphatic rings. The van der Waals surface area contributed by atoms with E-state index < -0.39 is 0 Å². The van der Waals surface area contributed by atoms with E-state index in [1.807, 2.05) is 38.1 Å². The van der Waals surface area contributed by atoms with Crippen LogP contribution >= 0.6 is 0 Å². The van der Waals surface area contributed by atoms with Gasteiger partial charge < -0.3 is 15.4 Å². The van der Waals surface area contributed by atoms with Crippen LogP contribution in [0.2, 0.25) is 0 Å². The molecule has 0 bridgehead atoms. The second-order valence-electron chi connectivity index (χ2n) is 5.90. The van der Waals surface area contributed by atoms with Gasteiger partial charge in [-0.15, -0.1) is 0 Å². The van der Waals surface area contributed by atoms with Crippen molar-refractivity contribution in [2.24, 2.45) is 11.1 Å². The number of rotatable bonds is 7. The van der Waals surface area contributed by atoms with Crippen molar-refractivity contribution in [3.05, 3.63) is 29.8 Å². The molecule has 0 aromatic heterocycles. The quantitative estimate of drug-likeness (QED) is 0.830. The summed E-state index contributed by atoms with van der Waals surface area (Å²) in [7, 11) is 1.78. The van der Waals surface area contributed by atoms with Gasteiger partial charge in [-0.1, -0.05) is 32.9 Å². The van der Waals surface area contributed by atoms with Gasteiger partial charge in [-0.3, -0.25) is 4.79 Å². The Hall–Kier alpha value is -1.55. The zero-order valence-electron chi connectivity index (χ0n) is 13.0. The number of nitrogens with zero attached hydrogens (tertiary/aromatic N) is 1. The first kappa shape index (κ1) is 16.5. The molecule has 2 N–H and O–H groups in total. The zero-order chi connectivity index (χ0) is 15.2. The lowest BCUT2D eigenvalue weighted by Crippen LogP contribution is -2.41. The van der Waals surface area contributed by atoms with Gasteiger partial charge in [0.2, 0.25) is 0 Å². The minimum atomic E-state index is -0.0762. The fourth-order valence-corrected chi connectivity index (χ4v) is 1.87. The van der Waals surface area contributed by atoms with Crippen LogP contribution in [0.25, 0.3) is 0 Å². The van der Waals surface area contributed by atoms with Gasteiger partial charge in [-0.05, 0) is 36.1 Å². The van der Waals surface area contributed by atoms with Crippen molar-refractivity contribution >= 4 is 5.91 Å². The van der Waals surface area contributed by atoms with Crippen LogP contribution in [0.15, 0.2) is 24.3 Å². The monoisotopic (exact) mass is 278 g/mol.